The highest BCUT2D eigenvalue weighted by Crippen LogP contribution is 2.45. The molecule has 416 valence electrons. The molecule has 1 aromatic carbocycles. The second kappa shape index (κ2) is 25.3. The molecule has 0 aliphatic carbocycles. The molecule has 3 saturated heterocycles. The molecule has 0 radical (unpaired) electrons. The van der Waals surface area contributed by atoms with E-state index in [-0.39, 0.29) is 43.2 Å². The molecule has 4 heterocycles. The average Bonchev–Trinajstić information content (AvgIpc) is 3.81. The summed E-state index contributed by atoms with van der Waals surface area (Å²) >= 11 is 0. The van der Waals surface area contributed by atoms with Gasteiger partial charge in [0.1, 0.15) is 42.7 Å². The van der Waals surface area contributed by atoms with Crippen molar-refractivity contribution in [3.63, 3.8) is 0 Å². The van der Waals surface area contributed by atoms with Gasteiger partial charge in [0, 0.05) is 90.4 Å². The first-order valence-corrected chi connectivity index (χ1v) is 26.4. The minimum atomic E-state index is -1.80. The van der Waals surface area contributed by atoms with Crippen molar-refractivity contribution in [3.05, 3.63) is 47.3 Å². The number of likely N-dealkylation sites (N-methyl/N-ethyl adjacent to an activating group) is 2. The molecule has 1 aromatic heterocycles. The Morgan fingerprint density at radius 1 is 0.973 bits per heavy atom. The maximum Gasteiger partial charge on any atom is 0.309 e. The van der Waals surface area contributed by atoms with Crippen LogP contribution in [0, 0.1) is 23.7 Å². The number of nitrogens with zero attached hydrogens (tertiary/aromatic N) is 6. The number of hydrogen-bond donors (Lipinski definition) is 4. The predicted octanol–water partition coefficient (Wildman–Crippen LogP) is 5.01. The molecule has 2 aromatic rings. The first-order valence-electron chi connectivity index (χ1n) is 26.4. The summed E-state index contributed by atoms with van der Waals surface area (Å²) in [5.74, 6) is -3.03. The summed E-state index contributed by atoms with van der Waals surface area (Å²) in [4.78, 5) is 32.8. The Labute approximate surface area is 434 Å². The molecular weight excluding hydrogens is 944 g/mol. The summed E-state index contributed by atoms with van der Waals surface area (Å²) in [7, 11) is 10.3. The van der Waals surface area contributed by atoms with Gasteiger partial charge >= 0.3 is 5.97 Å². The van der Waals surface area contributed by atoms with Gasteiger partial charge in [0.15, 0.2) is 6.29 Å². The largest absolute Gasteiger partial charge is 0.459 e. The van der Waals surface area contributed by atoms with Gasteiger partial charge in [0.05, 0.1) is 47.2 Å². The monoisotopic (exact) mass is 1030 g/mol. The highest BCUT2D eigenvalue weighted by molar-refractivity contribution is 5.93. The number of cyclic esters (lactones) is 1. The Hall–Kier alpha value is -3.21. The fourth-order valence-corrected chi connectivity index (χ4v) is 12.1. The average molecular weight is 1040 g/mol. The lowest BCUT2D eigenvalue weighted by molar-refractivity contribution is -0.275. The van der Waals surface area contributed by atoms with E-state index in [1.54, 1.807) is 79.4 Å². The van der Waals surface area contributed by atoms with E-state index in [4.69, 9.17) is 28.4 Å². The zero-order valence-corrected chi connectivity index (χ0v) is 46.6. The lowest BCUT2D eigenvalue weighted by atomic mass is 9.68. The number of hydrogen-bond acceptors (Lipinski definition) is 16. The Bertz CT molecular complexity index is 2060. The SMILES string of the molecule is CC[C@H]1OC(=O)[C@H](C)[C@@H](C2C[C@@](C)(OC)[C@@H](O)[C@H](C)O2)[C@H](C)[C@@H](O[C@H]2C[C@@H](N(C)CCc3cn([C@H](CF)[C@H](OC)c4ccc(C(=O)N(C)C)cc4)nn3)C[C@@H](C)O2)[C@](C)(O)C[C@@H](C)CN(C)[C@H](C)[C@@H](O)[C@]1(C)O. The number of aliphatic hydroxyl groups excluding tert-OH is 2. The van der Waals surface area contributed by atoms with Gasteiger partial charge in [-0.25, -0.2) is 9.07 Å². The van der Waals surface area contributed by atoms with Crippen molar-refractivity contribution >= 4 is 11.9 Å². The fraction of sp³-hybridized carbons (Fsp3) is 0.815. The number of ether oxygens (including phenoxy) is 6. The molecule has 5 rings (SSSR count). The second-order valence-electron chi connectivity index (χ2n) is 22.8. The Kier molecular flexibility index (Phi) is 21.0. The molecule has 4 N–H and O–H groups in total. The zero-order valence-electron chi connectivity index (χ0n) is 46.6. The van der Waals surface area contributed by atoms with Gasteiger partial charge in [-0.05, 0) is 104 Å². The van der Waals surface area contributed by atoms with Crippen LogP contribution < -0.4 is 0 Å². The van der Waals surface area contributed by atoms with Gasteiger partial charge in [0.25, 0.3) is 5.91 Å². The molecule has 0 saturated carbocycles. The van der Waals surface area contributed by atoms with E-state index in [0.717, 1.165) is 0 Å². The number of alkyl halides is 1. The highest BCUT2D eigenvalue weighted by atomic mass is 19.1. The normalized spacial score (nSPS) is 38.5. The number of rotatable bonds is 15. The van der Waals surface area contributed by atoms with E-state index < -0.39 is 108 Å². The van der Waals surface area contributed by atoms with Crippen LogP contribution in [0.5, 0.6) is 0 Å². The molecule has 3 aliphatic heterocycles. The molecule has 19 atom stereocenters. The molecule has 3 fully saturated rings. The third kappa shape index (κ3) is 14.0. The molecular formula is C54H91FN6O12. The van der Waals surface area contributed by atoms with Crippen LogP contribution >= 0.6 is 0 Å². The first-order chi connectivity index (χ1) is 34.1. The van der Waals surface area contributed by atoms with Gasteiger partial charge in [-0.3, -0.25) is 9.59 Å². The number of methoxy groups -OCH3 is 2. The number of aliphatic hydroxyl groups is 4. The minimum absolute atomic E-state index is 0.0134. The standard InChI is InChI=1S/C54H91FN6O12/c1-17-43-54(10,67)47(62)35(6)60(14)29-31(2)26-52(8,66)49(33(4)45(34(5)51(65)72-43)42-27-53(9,69-16)48(63)36(7)71-42)73-44-25-40(24-32(3)70-44)59(13)23-22-39-30-61(57-56-39)41(28-55)46(68-15)37-18-20-38(21-19-37)50(64)58(11)12/h18-21,30-36,40-49,62-63,66-67H,17,22-29H2,1-16H3/t31-,32-,33+,34-,35-,36+,40+,41-,42?,43-,44+,45+,46-,47-,48+,49-,52-,53-,54-/m1/s1. The molecule has 1 amide bonds. The second-order valence-corrected chi connectivity index (χ2v) is 22.8. The molecule has 18 nitrogen and oxygen atoms in total. The molecule has 19 heteroatoms. The van der Waals surface area contributed by atoms with E-state index in [1.807, 2.05) is 53.6 Å². The maximum absolute atomic E-state index is 14.8. The Morgan fingerprint density at radius 3 is 2.22 bits per heavy atom. The van der Waals surface area contributed by atoms with Crippen molar-refractivity contribution < 1.29 is 62.8 Å². The number of aromatic nitrogens is 3. The molecule has 0 bridgehead atoms. The molecule has 73 heavy (non-hydrogen) atoms. The van der Waals surface area contributed by atoms with Crippen LogP contribution in [-0.2, 0) is 39.6 Å². The predicted molar refractivity (Wildman–Crippen MR) is 273 cm³/mol. The van der Waals surface area contributed by atoms with Crippen LogP contribution in [0.15, 0.2) is 30.5 Å². The van der Waals surface area contributed by atoms with E-state index in [2.05, 4.69) is 15.2 Å². The fourth-order valence-electron chi connectivity index (χ4n) is 12.1. The third-order valence-corrected chi connectivity index (χ3v) is 16.6. The lowest BCUT2D eigenvalue weighted by Gasteiger charge is -2.51. The smallest absolute Gasteiger partial charge is 0.309 e. The van der Waals surface area contributed by atoms with Crippen LogP contribution in [0.4, 0.5) is 4.39 Å². The van der Waals surface area contributed by atoms with Crippen molar-refractivity contribution in [2.24, 2.45) is 23.7 Å². The summed E-state index contributed by atoms with van der Waals surface area (Å²) < 4.78 is 54.6. The first kappa shape index (κ1) is 60.7. The van der Waals surface area contributed by atoms with Crippen LogP contribution in [-0.4, -0.2) is 202 Å². The number of benzene rings is 1. The van der Waals surface area contributed by atoms with Crippen molar-refractivity contribution in [2.75, 3.05) is 62.2 Å². The van der Waals surface area contributed by atoms with Gasteiger partial charge in [-0.15, -0.1) is 5.10 Å². The zero-order chi connectivity index (χ0) is 54.5. The van der Waals surface area contributed by atoms with E-state index in [0.29, 0.717) is 49.2 Å². The van der Waals surface area contributed by atoms with Crippen molar-refractivity contribution in [1.29, 1.82) is 0 Å². The summed E-state index contributed by atoms with van der Waals surface area (Å²) in [6.45, 7) is 18.5. The van der Waals surface area contributed by atoms with E-state index in [9.17, 15) is 34.4 Å². The van der Waals surface area contributed by atoms with Crippen LogP contribution in [0.2, 0.25) is 0 Å². The summed E-state index contributed by atoms with van der Waals surface area (Å²) in [6, 6.07) is 5.58. The summed E-state index contributed by atoms with van der Waals surface area (Å²) in [5.41, 5.74) is -2.45. The Morgan fingerprint density at radius 2 is 1.63 bits per heavy atom. The van der Waals surface area contributed by atoms with Gasteiger partial charge in [0.2, 0.25) is 0 Å². The third-order valence-electron chi connectivity index (χ3n) is 16.6. The number of carbonyl (C=O) groups is 2. The number of esters is 1. The maximum atomic E-state index is 14.8. The molecule has 1 unspecified atom stereocenters. The number of halogens is 1. The number of carbonyl (C=O) groups excluding carboxylic acids is 2. The summed E-state index contributed by atoms with van der Waals surface area (Å²) in [5, 5.41) is 56.6. The van der Waals surface area contributed by atoms with E-state index >= 15 is 0 Å². The van der Waals surface area contributed by atoms with Crippen molar-refractivity contribution in [3.8, 4) is 0 Å². The quantitative estimate of drug-likeness (QED) is 0.173. The molecule has 0 spiro atoms. The number of amides is 1. The summed E-state index contributed by atoms with van der Waals surface area (Å²) in [6.07, 6.45) is -3.11. The highest BCUT2D eigenvalue weighted by Gasteiger charge is 2.54. The van der Waals surface area contributed by atoms with Gasteiger partial charge < -0.3 is 63.5 Å². The topological polar surface area (TPSA) is 211 Å². The van der Waals surface area contributed by atoms with Gasteiger partial charge in [-0.1, -0.05) is 45.0 Å². The van der Waals surface area contributed by atoms with Crippen LogP contribution in [0.1, 0.15) is 135 Å². The van der Waals surface area contributed by atoms with Crippen LogP contribution in [0.3, 0.4) is 0 Å². The van der Waals surface area contributed by atoms with Crippen LogP contribution in [0.25, 0.3) is 0 Å². The van der Waals surface area contributed by atoms with E-state index in [1.165, 1.54) is 23.6 Å². The lowest BCUT2D eigenvalue weighted by Crippen LogP contribution is -2.61. The molecule has 3 aliphatic rings. The van der Waals surface area contributed by atoms with Crippen molar-refractivity contribution in [2.45, 2.75) is 198 Å². The van der Waals surface area contributed by atoms with Gasteiger partial charge in [-0.2, -0.15) is 0 Å². The minimum Gasteiger partial charge on any atom is -0.459 e. The van der Waals surface area contributed by atoms with Crippen molar-refractivity contribution in [1.82, 2.24) is 29.7 Å². The Balaban J connectivity index is 1.42.